The number of aliphatic hydroxyl groups is 2. The third-order valence-electron chi connectivity index (χ3n) is 2.05. The molecule has 0 heterocycles. The van der Waals surface area contributed by atoms with Crippen molar-refractivity contribution in [2.24, 2.45) is 10.5 Å². The van der Waals surface area contributed by atoms with Crippen LogP contribution < -0.4 is 0 Å². The van der Waals surface area contributed by atoms with E-state index in [-0.39, 0.29) is 5.41 Å². The first-order chi connectivity index (χ1) is 6.25. The van der Waals surface area contributed by atoms with Crippen molar-refractivity contribution in [1.82, 2.24) is 0 Å². The van der Waals surface area contributed by atoms with Gasteiger partial charge < -0.3 is 10.2 Å². The second kappa shape index (κ2) is 4.64. The molecule has 0 aliphatic heterocycles. The first kappa shape index (κ1) is 13.2. The molecule has 2 unspecified atom stereocenters. The van der Waals surface area contributed by atoms with Gasteiger partial charge in [-0.05, 0) is 17.4 Å². The Labute approximate surface area is 84.4 Å². The van der Waals surface area contributed by atoms with Gasteiger partial charge in [0, 0.05) is 4.91 Å². The molecule has 0 saturated carbocycles. The fourth-order valence-corrected chi connectivity index (χ4v) is 1.59. The Morgan fingerprint density at radius 1 is 1.36 bits per heavy atom. The van der Waals surface area contributed by atoms with E-state index in [4.69, 9.17) is 10.6 Å². The maximum absolute atomic E-state index is 9.56. The lowest BCUT2D eigenvalue weighted by Gasteiger charge is -2.34. The highest BCUT2D eigenvalue weighted by atomic mass is 16.3. The Hall–Kier alpha value is -0.770. The van der Waals surface area contributed by atoms with Crippen molar-refractivity contribution in [2.75, 3.05) is 6.61 Å². The molecule has 0 saturated heterocycles. The number of aliphatic hydroxyl groups excluding tert-OH is 2. The van der Waals surface area contributed by atoms with Gasteiger partial charge in [0.25, 0.3) is 0 Å². The third kappa shape index (κ3) is 3.96. The smallest absolute Gasteiger partial charge is 0.0881 e. The van der Waals surface area contributed by atoms with Gasteiger partial charge in [0.05, 0.1) is 18.2 Å². The summed E-state index contributed by atoms with van der Waals surface area (Å²) in [5, 5.41) is 22.0. The molecular formula is C9H19N3O2. The van der Waals surface area contributed by atoms with Crippen molar-refractivity contribution in [1.29, 1.82) is 0 Å². The summed E-state index contributed by atoms with van der Waals surface area (Å²) < 4.78 is 0. The van der Waals surface area contributed by atoms with Crippen LogP contribution in [0.5, 0.6) is 0 Å². The SMILES string of the molecule is CC(C)(C)CC(C)(N=[N+]=[N-])C(O)CO. The minimum absolute atomic E-state index is 0.0703. The minimum Gasteiger partial charge on any atom is -0.394 e. The van der Waals surface area contributed by atoms with E-state index >= 15 is 0 Å². The van der Waals surface area contributed by atoms with Gasteiger partial charge in [-0.3, -0.25) is 0 Å². The Kier molecular flexibility index (Phi) is 4.39. The Morgan fingerprint density at radius 3 is 2.14 bits per heavy atom. The van der Waals surface area contributed by atoms with Gasteiger partial charge in [0.2, 0.25) is 0 Å². The van der Waals surface area contributed by atoms with E-state index in [1.165, 1.54) is 0 Å². The quantitative estimate of drug-likeness (QED) is 0.413. The fraction of sp³-hybridized carbons (Fsp3) is 1.00. The number of rotatable bonds is 4. The number of nitrogens with zero attached hydrogens (tertiary/aromatic N) is 3. The topological polar surface area (TPSA) is 89.2 Å². The average molecular weight is 201 g/mol. The van der Waals surface area contributed by atoms with Crippen LogP contribution in [0.2, 0.25) is 0 Å². The fourth-order valence-electron chi connectivity index (χ4n) is 1.59. The molecule has 0 fully saturated rings. The molecule has 14 heavy (non-hydrogen) atoms. The molecule has 82 valence electrons. The molecule has 0 rings (SSSR count). The molecule has 0 bridgehead atoms. The monoisotopic (exact) mass is 201 g/mol. The maximum atomic E-state index is 9.56. The molecule has 0 radical (unpaired) electrons. The van der Waals surface area contributed by atoms with Crippen LogP contribution in [0, 0.1) is 5.41 Å². The van der Waals surface area contributed by atoms with E-state index in [9.17, 15) is 5.11 Å². The lowest BCUT2D eigenvalue weighted by Crippen LogP contribution is -2.42. The highest BCUT2D eigenvalue weighted by Gasteiger charge is 2.35. The lowest BCUT2D eigenvalue weighted by atomic mass is 9.78. The van der Waals surface area contributed by atoms with Crippen molar-refractivity contribution in [2.45, 2.75) is 45.8 Å². The summed E-state index contributed by atoms with van der Waals surface area (Å²) >= 11 is 0. The first-order valence-corrected chi connectivity index (χ1v) is 4.60. The predicted octanol–water partition coefficient (Wildman–Crippen LogP) is 1.84. The van der Waals surface area contributed by atoms with Gasteiger partial charge in [-0.2, -0.15) is 0 Å². The van der Waals surface area contributed by atoms with Crippen LogP contribution in [-0.4, -0.2) is 28.5 Å². The van der Waals surface area contributed by atoms with E-state index in [1.54, 1.807) is 6.92 Å². The summed E-state index contributed by atoms with van der Waals surface area (Å²) in [5.41, 5.74) is 7.40. The molecular weight excluding hydrogens is 182 g/mol. The van der Waals surface area contributed by atoms with Crippen LogP contribution in [0.25, 0.3) is 10.4 Å². The van der Waals surface area contributed by atoms with Crippen LogP contribution in [0.15, 0.2) is 5.11 Å². The molecule has 0 aromatic heterocycles. The normalized spacial score (nSPS) is 18.1. The zero-order chi connectivity index (χ0) is 11.4. The Balaban J connectivity index is 4.81. The minimum atomic E-state index is -1.02. The van der Waals surface area contributed by atoms with E-state index in [0.29, 0.717) is 6.42 Å². The van der Waals surface area contributed by atoms with Crippen molar-refractivity contribution in [3.05, 3.63) is 10.4 Å². The summed E-state index contributed by atoms with van der Waals surface area (Å²) in [6.07, 6.45) is -0.496. The van der Waals surface area contributed by atoms with Crippen molar-refractivity contribution >= 4 is 0 Å². The standard InChI is InChI=1S/C9H19N3O2/c1-8(2,3)6-9(4,11-12-10)7(14)5-13/h7,13-14H,5-6H2,1-4H3. The molecule has 5 heteroatoms. The van der Waals surface area contributed by atoms with Crippen molar-refractivity contribution < 1.29 is 10.2 Å². The van der Waals surface area contributed by atoms with Crippen LogP contribution >= 0.6 is 0 Å². The Morgan fingerprint density at radius 2 is 1.86 bits per heavy atom. The van der Waals surface area contributed by atoms with Gasteiger partial charge in [-0.15, -0.1) is 0 Å². The third-order valence-corrected chi connectivity index (χ3v) is 2.05. The average Bonchev–Trinajstić information content (AvgIpc) is 2.00. The zero-order valence-electron chi connectivity index (χ0n) is 9.23. The molecule has 0 aromatic rings. The summed E-state index contributed by atoms with van der Waals surface area (Å²) in [6, 6.07) is 0. The molecule has 0 aliphatic carbocycles. The second-order valence-corrected chi connectivity index (χ2v) is 4.98. The van der Waals surface area contributed by atoms with Crippen LogP contribution in [-0.2, 0) is 0 Å². The molecule has 2 N–H and O–H groups in total. The number of azide groups is 1. The van der Waals surface area contributed by atoms with E-state index in [0.717, 1.165) is 0 Å². The van der Waals surface area contributed by atoms with Crippen LogP contribution in [0.4, 0.5) is 0 Å². The zero-order valence-corrected chi connectivity index (χ0v) is 9.23. The highest BCUT2D eigenvalue weighted by Crippen LogP contribution is 2.32. The molecule has 0 spiro atoms. The summed E-state index contributed by atoms with van der Waals surface area (Å²) in [4.78, 5) is 2.71. The first-order valence-electron chi connectivity index (χ1n) is 4.60. The highest BCUT2D eigenvalue weighted by molar-refractivity contribution is 4.94. The summed E-state index contributed by atoms with van der Waals surface area (Å²) in [6.45, 7) is 7.22. The molecule has 2 atom stereocenters. The van der Waals surface area contributed by atoms with Crippen LogP contribution in [0.1, 0.15) is 34.1 Å². The van der Waals surface area contributed by atoms with E-state index < -0.39 is 18.2 Å². The maximum Gasteiger partial charge on any atom is 0.0881 e. The Bertz CT molecular complexity index is 231. The molecule has 5 nitrogen and oxygen atoms in total. The van der Waals surface area contributed by atoms with Crippen LogP contribution in [0.3, 0.4) is 0 Å². The van der Waals surface area contributed by atoms with E-state index in [1.807, 2.05) is 20.8 Å². The number of hydrogen-bond acceptors (Lipinski definition) is 3. The van der Waals surface area contributed by atoms with Gasteiger partial charge >= 0.3 is 0 Å². The van der Waals surface area contributed by atoms with E-state index in [2.05, 4.69) is 10.0 Å². The lowest BCUT2D eigenvalue weighted by molar-refractivity contribution is 0.0211. The van der Waals surface area contributed by atoms with Gasteiger partial charge in [0.15, 0.2) is 0 Å². The summed E-state index contributed by atoms with van der Waals surface area (Å²) in [7, 11) is 0. The molecule has 0 aromatic carbocycles. The summed E-state index contributed by atoms with van der Waals surface area (Å²) in [5.74, 6) is 0. The second-order valence-electron chi connectivity index (χ2n) is 4.98. The molecule has 0 amide bonds. The van der Waals surface area contributed by atoms with Gasteiger partial charge in [-0.1, -0.05) is 32.8 Å². The molecule has 0 aliphatic rings. The number of hydrogen-bond donors (Lipinski definition) is 2. The van der Waals surface area contributed by atoms with Crippen molar-refractivity contribution in [3.8, 4) is 0 Å². The predicted molar refractivity (Wildman–Crippen MR) is 54.7 cm³/mol. The van der Waals surface area contributed by atoms with Gasteiger partial charge in [0.1, 0.15) is 0 Å². The van der Waals surface area contributed by atoms with Crippen molar-refractivity contribution in [3.63, 3.8) is 0 Å². The largest absolute Gasteiger partial charge is 0.394 e. The van der Waals surface area contributed by atoms with Gasteiger partial charge in [-0.25, -0.2) is 0 Å².